The summed E-state index contributed by atoms with van der Waals surface area (Å²) in [5.41, 5.74) is 1.13. The van der Waals surface area contributed by atoms with Crippen LogP contribution in [0.5, 0.6) is 0 Å². The molecule has 0 saturated carbocycles. The standard InChI is InChI=1S/C20H37N7O/c1-16(2)18(26-8-6-24(4)7-9-26)13-22-20(21-3)27-10-11-28-19(15-27)17-12-23-25(5)14-17/h12,14,16,18-19H,6-11,13,15H2,1-5H3,(H,21,22). The van der Waals surface area contributed by atoms with Crippen molar-refractivity contribution in [3.63, 3.8) is 0 Å². The third-order valence-electron chi connectivity index (χ3n) is 5.92. The molecule has 2 aliphatic heterocycles. The summed E-state index contributed by atoms with van der Waals surface area (Å²) in [6.07, 6.45) is 3.97. The van der Waals surface area contributed by atoms with Crippen LogP contribution in [-0.4, -0.2) is 103 Å². The molecule has 0 aliphatic carbocycles. The van der Waals surface area contributed by atoms with Gasteiger partial charge in [-0.25, -0.2) is 0 Å². The number of piperazine rings is 1. The van der Waals surface area contributed by atoms with Gasteiger partial charge in [-0.05, 0) is 13.0 Å². The zero-order chi connectivity index (χ0) is 20.1. The fourth-order valence-corrected chi connectivity index (χ4v) is 4.12. The number of aliphatic imine (C=N–C) groups is 1. The molecule has 2 atom stereocenters. The van der Waals surface area contributed by atoms with Crippen molar-refractivity contribution in [1.29, 1.82) is 0 Å². The molecule has 0 bridgehead atoms. The van der Waals surface area contributed by atoms with Gasteiger partial charge in [0, 0.05) is 71.2 Å². The molecule has 158 valence electrons. The smallest absolute Gasteiger partial charge is 0.193 e. The first-order chi connectivity index (χ1) is 13.5. The van der Waals surface area contributed by atoms with Gasteiger partial charge >= 0.3 is 0 Å². The van der Waals surface area contributed by atoms with Crippen molar-refractivity contribution in [2.45, 2.75) is 26.0 Å². The van der Waals surface area contributed by atoms with Crippen LogP contribution in [0.2, 0.25) is 0 Å². The number of morpholine rings is 1. The van der Waals surface area contributed by atoms with Crippen LogP contribution in [0.15, 0.2) is 17.4 Å². The Morgan fingerprint density at radius 1 is 1.25 bits per heavy atom. The quantitative estimate of drug-likeness (QED) is 0.587. The number of likely N-dealkylation sites (N-methyl/N-ethyl adjacent to an activating group) is 1. The Hall–Kier alpha value is -1.64. The fourth-order valence-electron chi connectivity index (χ4n) is 4.12. The molecule has 1 aromatic rings. The minimum Gasteiger partial charge on any atom is -0.370 e. The van der Waals surface area contributed by atoms with E-state index in [4.69, 9.17) is 4.74 Å². The van der Waals surface area contributed by atoms with Gasteiger partial charge in [-0.2, -0.15) is 5.10 Å². The highest BCUT2D eigenvalue weighted by molar-refractivity contribution is 5.80. The summed E-state index contributed by atoms with van der Waals surface area (Å²) in [6, 6.07) is 0.514. The van der Waals surface area contributed by atoms with Crippen molar-refractivity contribution in [1.82, 2.24) is 29.8 Å². The number of hydrogen-bond donors (Lipinski definition) is 1. The number of aromatic nitrogens is 2. The molecule has 1 N–H and O–H groups in total. The summed E-state index contributed by atoms with van der Waals surface area (Å²) in [6.45, 7) is 12.5. The first kappa shape index (κ1) is 21.1. The molecule has 2 aliphatic rings. The lowest BCUT2D eigenvalue weighted by Gasteiger charge is -2.41. The van der Waals surface area contributed by atoms with Crippen molar-refractivity contribution in [2.75, 3.05) is 66.5 Å². The topological polar surface area (TPSA) is 61.2 Å². The van der Waals surface area contributed by atoms with Crippen molar-refractivity contribution in [3.8, 4) is 0 Å². The summed E-state index contributed by atoms with van der Waals surface area (Å²) < 4.78 is 7.81. The zero-order valence-electron chi connectivity index (χ0n) is 18.1. The Morgan fingerprint density at radius 3 is 2.61 bits per heavy atom. The molecule has 2 saturated heterocycles. The largest absolute Gasteiger partial charge is 0.370 e. The van der Waals surface area contributed by atoms with Crippen molar-refractivity contribution in [3.05, 3.63) is 18.0 Å². The highest BCUT2D eigenvalue weighted by atomic mass is 16.5. The highest BCUT2D eigenvalue weighted by Gasteiger charge is 2.28. The third-order valence-corrected chi connectivity index (χ3v) is 5.92. The minimum absolute atomic E-state index is 0.0412. The van der Waals surface area contributed by atoms with E-state index in [1.165, 1.54) is 0 Å². The second kappa shape index (κ2) is 9.71. The fraction of sp³-hybridized carbons (Fsp3) is 0.800. The van der Waals surface area contributed by atoms with Crippen LogP contribution in [0.1, 0.15) is 25.5 Å². The third kappa shape index (κ3) is 5.24. The number of rotatable bonds is 5. The van der Waals surface area contributed by atoms with Crippen LogP contribution in [0.3, 0.4) is 0 Å². The van der Waals surface area contributed by atoms with E-state index in [-0.39, 0.29) is 6.10 Å². The molecule has 3 rings (SSSR count). The normalized spacial score (nSPS) is 24.0. The number of aryl methyl sites for hydroxylation is 1. The predicted octanol–water partition coefficient (Wildman–Crippen LogP) is 0.641. The second-order valence-electron chi connectivity index (χ2n) is 8.33. The molecule has 8 nitrogen and oxygen atoms in total. The molecule has 3 heterocycles. The first-order valence-corrected chi connectivity index (χ1v) is 10.5. The van der Waals surface area contributed by atoms with E-state index in [0.717, 1.165) is 57.3 Å². The van der Waals surface area contributed by atoms with Gasteiger partial charge < -0.3 is 19.9 Å². The summed E-state index contributed by atoms with van der Waals surface area (Å²) in [5.74, 6) is 1.57. The van der Waals surface area contributed by atoms with Gasteiger partial charge in [0.2, 0.25) is 0 Å². The number of nitrogens with one attached hydrogen (secondary N) is 1. The summed E-state index contributed by atoms with van der Waals surface area (Å²) in [4.78, 5) is 11.9. The molecule has 1 aromatic heterocycles. The molecule has 2 unspecified atom stereocenters. The molecule has 8 heteroatoms. The Bertz CT molecular complexity index is 636. The van der Waals surface area contributed by atoms with E-state index in [0.29, 0.717) is 18.6 Å². The van der Waals surface area contributed by atoms with Crippen LogP contribution in [0.25, 0.3) is 0 Å². The Kier molecular flexibility index (Phi) is 7.31. The van der Waals surface area contributed by atoms with Gasteiger partial charge in [-0.1, -0.05) is 13.8 Å². The average molecular weight is 392 g/mol. The molecule has 0 radical (unpaired) electrons. The molecule has 0 amide bonds. The van der Waals surface area contributed by atoms with Crippen LogP contribution in [-0.2, 0) is 11.8 Å². The van der Waals surface area contributed by atoms with Gasteiger partial charge in [0.25, 0.3) is 0 Å². The lowest BCUT2D eigenvalue weighted by atomic mass is 10.0. The van der Waals surface area contributed by atoms with E-state index >= 15 is 0 Å². The first-order valence-electron chi connectivity index (χ1n) is 10.5. The SMILES string of the molecule is CN=C(NCC(C(C)C)N1CCN(C)CC1)N1CCOC(c2cnn(C)c2)C1. The van der Waals surface area contributed by atoms with E-state index < -0.39 is 0 Å². The maximum absolute atomic E-state index is 5.98. The maximum atomic E-state index is 5.98. The summed E-state index contributed by atoms with van der Waals surface area (Å²) in [7, 11) is 6.02. The Balaban J connectivity index is 1.58. The van der Waals surface area contributed by atoms with E-state index in [1.807, 2.05) is 31.2 Å². The average Bonchev–Trinajstić information content (AvgIpc) is 3.13. The number of guanidine groups is 1. The van der Waals surface area contributed by atoms with Gasteiger partial charge in [-0.15, -0.1) is 0 Å². The number of ether oxygens (including phenoxy) is 1. The van der Waals surface area contributed by atoms with E-state index in [1.54, 1.807) is 0 Å². The molecule has 2 fully saturated rings. The lowest BCUT2D eigenvalue weighted by molar-refractivity contribution is -0.00826. The number of nitrogens with zero attached hydrogens (tertiary/aromatic N) is 6. The Labute approximate surface area is 169 Å². The molecular weight excluding hydrogens is 354 g/mol. The van der Waals surface area contributed by atoms with Gasteiger partial charge in [-0.3, -0.25) is 14.6 Å². The van der Waals surface area contributed by atoms with Crippen molar-refractivity contribution < 1.29 is 4.74 Å². The summed E-state index contributed by atoms with van der Waals surface area (Å²) >= 11 is 0. The van der Waals surface area contributed by atoms with Crippen molar-refractivity contribution >= 4 is 5.96 Å². The predicted molar refractivity (Wildman–Crippen MR) is 113 cm³/mol. The number of hydrogen-bond acceptors (Lipinski definition) is 5. The van der Waals surface area contributed by atoms with Gasteiger partial charge in [0.1, 0.15) is 6.10 Å². The van der Waals surface area contributed by atoms with Crippen LogP contribution in [0.4, 0.5) is 0 Å². The molecule has 0 spiro atoms. The summed E-state index contributed by atoms with van der Waals surface area (Å²) in [5, 5.41) is 7.93. The van der Waals surface area contributed by atoms with E-state index in [9.17, 15) is 0 Å². The monoisotopic (exact) mass is 391 g/mol. The Morgan fingerprint density at radius 2 is 2.00 bits per heavy atom. The molecule has 0 aromatic carbocycles. The van der Waals surface area contributed by atoms with Gasteiger partial charge in [0.05, 0.1) is 19.3 Å². The lowest BCUT2D eigenvalue weighted by Crippen LogP contribution is -2.56. The van der Waals surface area contributed by atoms with E-state index in [2.05, 4.69) is 51.0 Å². The van der Waals surface area contributed by atoms with Crippen LogP contribution >= 0.6 is 0 Å². The van der Waals surface area contributed by atoms with Crippen LogP contribution in [0, 0.1) is 5.92 Å². The minimum atomic E-state index is 0.0412. The van der Waals surface area contributed by atoms with Gasteiger partial charge in [0.15, 0.2) is 5.96 Å². The molecular formula is C20H37N7O. The van der Waals surface area contributed by atoms with Crippen molar-refractivity contribution in [2.24, 2.45) is 18.0 Å². The zero-order valence-corrected chi connectivity index (χ0v) is 18.1. The molecule has 28 heavy (non-hydrogen) atoms. The highest BCUT2D eigenvalue weighted by Crippen LogP contribution is 2.21. The van der Waals surface area contributed by atoms with Crippen LogP contribution < -0.4 is 5.32 Å². The maximum Gasteiger partial charge on any atom is 0.193 e. The second-order valence-corrected chi connectivity index (χ2v) is 8.33.